The van der Waals surface area contributed by atoms with Gasteiger partial charge < -0.3 is 10.4 Å². The van der Waals surface area contributed by atoms with Crippen LogP contribution >= 0.6 is 0 Å². The highest BCUT2D eigenvalue weighted by molar-refractivity contribution is 5.95. The van der Waals surface area contributed by atoms with E-state index in [4.69, 9.17) is 5.11 Å². The minimum Gasteiger partial charge on any atom is -0.508 e. The highest BCUT2D eigenvalue weighted by atomic mass is 19.1. The topological polar surface area (TPSA) is 49.3 Å². The predicted molar refractivity (Wildman–Crippen MR) is 85.7 cm³/mol. The van der Waals surface area contributed by atoms with Crippen LogP contribution in [0.25, 0.3) is 6.08 Å². The molecule has 0 aliphatic heterocycles. The molecule has 0 bridgehead atoms. The van der Waals surface area contributed by atoms with Crippen LogP contribution in [0.5, 0.6) is 5.75 Å². The number of hydrogen-bond donors (Lipinski definition) is 2. The zero-order valence-electron chi connectivity index (χ0n) is 13.2. The van der Waals surface area contributed by atoms with Crippen molar-refractivity contribution in [3.63, 3.8) is 0 Å². The first kappa shape index (κ1) is 19.2. The summed E-state index contributed by atoms with van der Waals surface area (Å²) in [6.45, 7) is 4.49. The summed E-state index contributed by atoms with van der Waals surface area (Å²) >= 11 is 0. The number of phenolic OH excluding ortho intramolecular Hbond substituents is 1. The van der Waals surface area contributed by atoms with E-state index in [1.54, 1.807) is 0 Å². The Morgan fingerprint density at radius 2 is 1.67 bits per heavy atom. The molecule has 1 amide bonds. The van der Waals surface area contributed by atoms with E-state index >= 15 is 0 Å². The van der Waals surface area contributed by atoms with Crippen LogP contribution in [0.4, 0.5) is 4.39 Å². The van der Waals surface area contributed by atoms with Gasteiger partial charge in [0, 0.05) is 7.05 Å². The summed E-state index contributed by atoms with van der Waals surface area (Å²) in [6.07, 6.45) is 8.10. The first-order valence-corrected chi connectivity index (χ1v) is 7.43. The second-order valence-electron chi connectivity index (χ2n) is 4.72. The van der Waals surface area contributed by atoms with Crippen molar-refractivity contribution in [3.05, 3.63) is 35.7 Å². The Balaban J connectivity index is 0.000000486. The molecule has 0 saturated carbocycles. The fraction of sp³-hybridized carbons (Fsp3) is 0.471. The second kappa shape index (κ2) is 11.9. The quantitative estimate of drug-likeness (QED) is 0.602. The Morgan fingerprint density at radius 3 is 2.10 bits per heavy atom. The van der Waals surface area contributed by atoms with Gasteiger partial charge in [-0.15, -0.1) is 0 Å². The number of likely N-dealkylation sites (N-methyl/N-ethyl adjacent to an activating group) is 1. The Bertz CT molecular complexity index is 423. The molecule has 1 aromatic carbocycles. The van der Waals surface area contributed by atoms with Crippen molar-refractivity contribution < 1.29 is 14.3 Å². The van der Waals surface area contributed by atoms with Gasteiger partial charge in [-0.1, -0.05) is 58.1 Å². The van der Waals surface area contributed by atoms with E-state index in [2.05, 4.69) is 19.2 Å². The molecular formula is C17H26FNO2. The maximum absolute atomic E-state index is 13.0. The van der Waals surface area contributed by atoms with Crippen molar-refractivity contribution in [1.82, 2.24) is 5.32 Å². The summed E-state index contributed by atoms with van der Waals surface area (Å²) in [4.78, 5) is 10.8. The van der Waals surface area contributed by atoms with E-state index in [-0.39, 0.29) is 5.75 Å². The number of carbonyl (C=O) groups is 1. The lowest BCUT2D eigenvalue weighted by atomic mass is 10.2. The Hall–Kier alpha value is -1.84. The minimum absolute atomic E-state index is 0.0995. The molecule has 0 aliphatic carbocycles. The van der Waals surface area contributed by atoms with E-state index in [1.807, 2.05) is 0 Å². The molecule has 2 N–H and O–H groups in total. The predicted octanol–water partition coefficient (Wildman–Crippen LogP) is 4.43. The Kier molecular flexibility index (Phi) is 10.9. The normalized spacial score (nSPS) is 10.6. The molecule has 3 nitrogen and oxygen atoms in total. The van der Waals surface area contributed by atoms with Gasteiger partial charge in [-0.2, -0.15) is 0 Å². The van der Waals surface area contributed by atoms with Crippen LogP contribution in [-0.4, -0.2) is 18.1 Å². The summed E-state index contributed by atoms with van der Waals surface area (Å²) in [7, 11) is 1.35. The number of carbonyl (C=O) groups excluding carboxylic acids is 1. The van der Waals surface area contributed by atoms with Crippen molar-refractivity contribution in [2.24, 2.45) is 0 Å². The van der Waals surface area contributed by atoms with Gasteiger partial charge in [0.1, 0.15) is 5.75 Å². The molecule has 0 fully saturated rings. The molecule has 0 radical (unpaired) electrons. The van der Waals surface area contributed by atoms with Crippen molar-refractivity contribution >= 4 is 12.0 Å². The summed E-state index contributed by atoms with van der Waals surface area (Å²) < 4.78 is 13.0. The molecule has 0 spiro atoms. The largest absolute Gasteiger partial charge is 0.508 e. The number of amides is 1. The molecule has 0 atom stereocenters. The van der Waals surface area contributed by atoms with Gasteiger partial charge in [0.25, 0.3) is 5.91 Å². The standard InChI is InChI=1S/C10H10FNO2.C7H16/c1-12-10(14)9(11)6-7-2-4-8(13)5-3-7;1-3-5-7-6-4-2/h2-6,13H,1H3,(H,12,14);3-7H2,1-2H3/b9-6-;. The van der Waals surface area contributed by atoms with E-state index < -0.39 is 11.7 Å². The summed E-state index contributed by atoms with van der Waals surface area (Å²) in [5.74, 6) is -1.53. The van der Waals surface area contributed by atoms with Crippen molar-refractivity contribution in [1.29, 1.82) is 0 Å². The fourth-order valence-corrected chi connectivity index (χ4v) is 1.58. The third kappa shape index (κ3) is 9.66. The van der Waals surface area contributed by atoms with Crippen LogP contribution in [0.1, 0.15) is 51.5 Å². The molecule has 1 aromatic rings. The number of unbranched alkanes of at least 4 members (excludes halogenated alkanes) is 4. The summed E-state index contributed by atoms with van der Waals surface area (Å²) in [6, 6.07) is 5.86. The molecule has 0 aromatic heterocycles. The van der Waals surface area contributed by atoms with E-state index in [9.17, 15) is 9.18 Å². The van der Waals surface area contributed by atoms with Crippen LogP contribution in [0.3, 0.4) is 0 Å². The smallest absolute Gasteiger partial charge is 0.279 e. The van der Waals surface area contributed by atoms with Crippen LogP contribution in [-0.2, 0) is 4.79 Å². The molecule has 0 heterocycles. The average molecular weight is 295 g/mol. The summed E-state index contributed by atoms with van der Waals surface area (Å²) in [5, 5.41) is 11.1. The van der Waals surface area contributed by atoms with Crippen molar-refractivity contribution in [3.8, 4) is 5.75 Å². The lowest BCUT2D eigenvalue weighted by Gasteiger charge is -1.96. The molecule has 0 saturated heterocycles. The minimum atomic E-state index is -0.863. The first-order chi connectivity index (χ1) is 10.0. The number of nitrogens with one attached hydrogen (secondary N) is 1. The zero-order chi connectivity index (χ0) is 16.1. The highest BCUT2D eigenvalue weighted by Gasteiger charge is 2.04. The van der Waals surface area contributed by atoms with Gasteiger partial charge in [0.05, 0.1) is 0 Å². The number of aromatic hydroxyl groups is 1. The maximum Gasteiger partial charge on any atom is 0.279 e. The van der Waals surface area contributed by atoms with Gasteiger partial charge in [-0.3, -0.25) is 4.79 Å². The van der Waals surface area contributed by atoms with Crippen LogP contribution < -0.4 is 5.32 Å². The number of rotatable bonds is 6. The molecule has 21 heavy (non-hydrogen) atoms. The molecule has 4 heteroatoms. The third-order valence-corrected chi connectivity index (χ3v) is 2.84. The van der Waals surface area contributed by atoms with Gasteiger partial charge in [0.15, 0.2) is 5.83 Å². The van der Waals surface area contributed by atoms with Crippen LogP contribution in [0.15, 0.2) is 30.1 Å². The molecular weight excluding hydrogens is 269 g/mol. The lowest BCUT2D eigenvalue weighted by Crippen LogP contribution is -2.17. The van der Waals surface area contributed by atoms with E-state index in [1.165, 1.54) is 63.4 Å². The Morgan fingerprint density at radius 1 is 1.14 bits per heavy atom. The maximum atomic E-state index is 13.0. The third-order valence-electron chi connectivity index (χ3n) is 2.84. The number of halogens is 1. The first-order valence-electron chi connectivity index (χ1n) is 7.43. The second-order valence-corrected chi connectivity index (χ2v) is 4.72. The number of hydrogen-bond acceptors (Lipinski definition) is 2. The van der Waals surface area contributed by atoms with E-state index in [0.29, 0.717) is 5.56 Å². The van der Waals surface area contributed by atoms with E-state index in [0.717, 1.165) is 6.08 Å². The van der Waals surface area contributed by atoms with Gasteiger partial charge in [-0.05, 0) is 23.8 Å². The number of phenols is 1. The fourth-order valence-electron chi connectivity index (χ4n) is 1.58. The zero-order valence-corrected chi connectivity index (χ0v) is 13.2. The van der Waals surface area contributed by atoms with Gasteiger partial charge in [-0.25, -0.2) is 4.39 Å². The Labute approximate surface area is 126 Å². The molecule has 0 aliphatic rings. The summed E-state index contributed by atoms with van der Waals surface area (Å²) in [5.41, 5.74) is 0.518. The average Bonchev–Trinajstić information content (AvgIpc) is 2.50. The molecule has 118 valence electrons. The van der Waals surface area contributed by atoms with Gasteiger partial charge >= 0.3 is 0 Å². The lowest BCUT2D eigenvalue weighted by molar-refractivity contribution is -0.118. The molecule has 1 rings (SSSR count). The number of benzene rings is 1. The van der Waals surface area contributed by atoms with Crippen molar-refractivity contribution in [2.45, 2.75) is 46.0 Å². The van der Waals surface area contributed by atoms with Crippen molar-refractivity contribution in [2.75, 3.05) is 7.05 Å². The molecule has 0 unspecified atom stereocenters. The van der Waals surface area contributed by atoms with Gasteiger partial charge in [0.2, 0.25) is 0 Å². The highest BCUT2D eigenvalue weighted by Crippen LogP contribution is 2.13. The van der Waals surface area contributed by atoms with Crippen LogP contribution in [0.2, 0.25) is 0 Å². The van der Waals surface area contributed by atoms with Crippen LogP contribution in [0, 0.1) is 0 Å². The SMILES string of the molecule is CCCCCCC.CNC(=O)/C(F)=C/c1ccc(O)cc1. The monoisotopic (exact) mass is 295 g/mol.